The van der Waals surface area contributed by atoms with E-state index >= 15 is 0 Å². The van der Waals surface area contributed by atoms with Crippen LogP contribution >= 0.6 is 7.26 Å². The topological polar surface area (TPSA) is 107 Å². The summed E-state index contributed by atoms with van der Waals surface area (Å²) in [6.45, 7) is 1.47. The molecule has 6 rings (SSSR count). The minimum atomic E-state index is -3.14. The first-order valence-electron chi connectivity index (χ1n) is 15.6. The molecule has 1 saturated heterocycles. The zero-order valence-electron chi connectivity index (χ0n) is 26.3. The number of hydrogen-bond donors (Lipinski definition) is 0. The lowest BCUT2D eigenvalue weighted by Crippen LogP contribution is -2.70. The van der Waals surface area contributed by atoms with Gasteiger partial charge in [0.1, 0.15) is 29.8 Å². The van der Waals surface area contributed by atoms with E-state index < -0.39 is 29.5 Å². The van der Waals surface area contributed by atoms with Crippen LogP contribution < -0.4 is 15.9 Å². The van der Waals surface area contributed by atoms with Crippen LogP contribution in [0.25, 0.3) is 0 Å². The first-order chi connectivity index (χ1) is 23.3. The number of β-lactam (4-membered cyclic amide) rings is 1. The predicted molar refractivity (Wildman–Crippen MR) is 187 cm³/mol. The van der Waals surface area contributed by atoms with Crippen LogP contribution in [0, 0.1) is 10.1 Å². The number of ether oxygens (including phenoxy) is 1. The average molecular weight is 658 g/mol. The maximum absolute atomic E-state index is 14.9. The fourth-order valence-electron chi connectivity index (χ4n) is 6.69. The second kappa shape index (κ2) is 13.7. The van der Waals surface area contributed by atoms with Crippen molar-refractivity contribution in [3.63, 3.8) is 0 Å². The van der Waals surface area contributed by atoms with Crippen molar-refractivity contribution in [1.29, 1.82) is 0 Å². The Labute approximate surface area is 279 Å². The zero-order chi connectivity index (χ0) is 33.7. The van der Waals surface area contributed by atoms with Crippen LogP contribution in [0.1, 0.15) is 35.7 Å². The maximum Gasteiger partial charge on any atom is 0.370 e. The summed E-state index contributed by atoms with van der Waals surface area (Å²) in [7, 11) is -3.14. The van der Waals surface area contributed by atoms with Crippen molar-refractivity contribution in [2.75, 3.05) is 0 Å². The number of hydrogen-bond acceptors (Lipinski definition) is 6. The van der Waals surface area contributed by atoms with Crippen molar-refractivity contribution in [3.05, 3.63) is 167 Å². The quantitative estimate of drug-likeness (QED) is 0.0394. The standard InChI is InChI=1S/C39H34N2O6P/c1-39(26-35(42)29-16-6-2-7-17-29)27-36(43)40(39)37(38(44)47-28-30-18-14-15-25-34(30)41(45)46)48(31-19-8-3-9-20-31,32-21-10-4-11-22-32)33-23-12-5-13-24-33/h2-25,37H,26-28H2,1H3/q+1. The Morgan fingerprint density at radius 3 is 1.71 bits per heavy atom. The molecule has 0 saturated carbocycles. The highest BCUT2D eigenvalue weighted by Crippen LogP contribution is 2.63. The molecule has 0 radical (unpaired) electrons. The van der Waals surface area contributed by atoms with Crippen LogP contribution in [0.4, 0.5) is 5.69 Å². The summed E-state index contributed by atoms with van der Waals surface area (Å²) in [4.78, 5) is 55.5. The van der Waals surface area contributed by atoms with Crippen LogP contribution in [0.15, 0.2) is 146 Å². The first-order valence-corrected chi connectivity index (χ1v) is 17.5. The second-order valence-corrected chi connectivity index (χ2v) is 15.5. The average Bonchev–Trinajstić information content (AvgIpc) is 3.12. The Kier molecular flexibility index (Phi) is 9.28. The Balaban J connectivity index is 1.56. The van der Waals surface area contributed by atoms with Gasteiger partial charge < -0.3 is 4.74 Å². The zero-order valence-corrected chi connectivity index (χ0v) is 27.2. The molecule has 1 aliphatic heterocycles. The summed E-state index contributed by atoms with van der Waals surface area (Å²) < 4.78 is 6.05. The number of amides is 1. The Morgan fingerprint density at radius 1 is 0.771 bits per heavy atom. The Bertz CT molecular complexity index is 1840. The molecule has 2 unspecified atom stereocenters. The number of carbonyl (C=O) groups is 3. The Hall–Kier alpha value is -5.46. The molecule has 0 aliphatic carbocycles. The highest BCUT2D eigenvalue weighted by Gasteiger charge is 2.66. The molecule has 5 aromatic carbocycles. The minimum absolute atomic E-state index is 0.00490. The van der Waals surface area contributed by atoms with E-state index in [0.29, 0.717) is 5.56 Å². The van der Waals surface area contributed by atoms with Gasteiger partial charge in [0.05, 0.1) is 22.4 Å². The highest BCUT2D eigenvalue weighted by molar-refractivity contribution is 7.96. The number of Topliss-reactive ketones (excluding diaryl/α,β-unsaturated/α-hetero) is 1. The highest BCUT2D eigenvalue weighted by atomic mass is 31.2. The number of rotatable bonds is 12. The van der Waals surface area contributed by atoms with Gasteiger partial charge in [-0.15, -0.1) is 0 Å². The number of nitro groups is 1. The molecule has 240 valence electrons. The van der Waals surface area contributed by atoms with E-state index in [1.165, 1.54) is 6.07 Å². The van der Waals surface area contributed by atoms with E-state index in [1.54, 1.807) is 47.4 Å². The van der Waals surface area contributed by atoms with Gasteiger partial charge in [-0.05, 0) is 49.4 Å². The van der Waals surface area contributed by atoms with E-state index in [2.05, 4.69) is 0 Å². The molecule has 48 heavy (non-hydrogen) atoms. The van der Waals surface area contributed by atoms with Gasteiger partial charge in [0.25, 0.3) is 11.5 Å². The maximum atomic E-state index is 14.9. The van der Waals surface area contributed by atoms with Gasteiger partial charge in [-0.2, -0.15) is 0 Å². The van der Waals surface area contributed by atoms with Crippen molar-refractivity contribution >= 4 is 46.5 Å². The molecule has 0 N–H and O–H groups in total. The lowest BCUT2D eigenvalue weighted by atomic mass is 9.80. The van der Waals surface area contributed by atoms with Gasteiger partial charge >= 0.3 is 5.97 Å². The molecule has 1 heterocycles. The molecular weight excluding hydrogens is 623 g/mol. The van der Waals surface area contributed by atoms with E-state index in [9.17, 15) is 24.5 Å². The number of ketones is 1. The fraction of sp³-hybridized carbons (Fsp3) is 0.154. The van der Waals surface area contributed by atoms with Crippen molar-refractivity contribution < 1.29 is 24.0 Å². The number of para-hydroxylation sites is 1. The smallest absolute Gasteiger partial charge is 0.370 e. The van der Waals surface area contributed by atoms with Crippen LogP contribution in [-0.4, -0.2) is 38.8 Å². The second-order valence-electron chi connectivity index (χ2n) is 12.0. The van der Waals surface area contributed by atoms with E-state index in [1.807, 2.05) is 104 Å². The summed E-state index contributed by atoms with van der Waals surface area (Å²) in [6, 6.07) is 43.9. The van der Waals surface area contributed by atoms with Gasteiger partial charge in [-0.3, -0.25) is 24.6 Å². The minimum Gasteiger partial charge on any atom is -0.456 e. The third-order valence-electron chi connectivity index (χ3n) is 8.89. The normalized spacial score (nSPS) is 16.4. The summed E-state index contributed by atoms with van der Waals surface area (Å²) >= 11 is 0. The third kappa shape index (κ3) is 6.03. The fourth-order valence-corrected chi connectivity index (χ4v) is 11.5. The van der Waals surface area contributed by atoms with Crippen molar-refractivity contribution in [1.82, 2.24) is 4.90 Å². The van der Waals surface area contributed by atoms with Crippen LogP contribution in [0.5, 0.6) is 0 Å². The van der Waals surface area contributed by atoms with Gasteiger partial charge in [0.15, 0.2) is 5.78 Å². The van der Waals surface area contributed by atoms with Gasteiger partial charge in [-0.25, -0.2) is 4.79 Å². The lowest BCUT2D eigenvalue weighted by molar-refractivity contribution is -0.385. The monoisotopic (exact) mass is 657 g/mol. The summed E-state index contributed by atoms with van der Waals surface area (Å²) in [5, 5.41) is 14.3. The molecule has 0 aromatic heterocycles. The predicted octanol–water partition coefficient (Wildman–Crippen LogP) is 6.22. The molecular formula is C39H34N2O6P+. The number of nitrogens with zero attached hydrogens (tertiary/aromatic N) is 2. The summed E-state index contributed by atoms with van der Waals surface area (Å²) in [5.41, 5.74) is -0.440. The molecule has 9 heteroatoms. The Morgan fingerprint density at radius 2 is 1.23 bits per heavy atom. The summed E-state index contributed by atoms with van der Waals surface area (Å²) in [6.07, 6.45) is 0.0624. The number of esters is 1. The molecule has 1 amide bonds. The molecule has 0 bridgehead atoms. The van der Waals surface area contributed by atoms with Crippen LogP contribution in [-0.2, 0) is 20.9 Å². The number of carbonyl (C=O) groups excluding carboxylic acids is 3. The lowest BCUT2D eigenvalue weighted by Gasteiger charge is -2.54. The van der Waals surface area contributed by atoms with Crippen molar-refractivity contribution in [2.45, 2.75) is 37.7 Å². The largest absolute Gasteiger partial charge is 0.456 e. The first kappa shape index (κ1) is 32.5. The molecule has 8 nitrogen and oxygen atoms in total. The number of benzene rings is 5. The van der Waals surface area contributed by atoms with E-state index in [4.69, 9.17) is 4.74 Å². The molecule has 2 atom stereocenters. The van der Waals surface area contributed by atoms with Gasteiger partial charge in [-0.1, -0.05) is 97.1 Å². The van der Waals surface area contributed by atoms with Gasteiger partial charge in [0, 0.05) is 18.1 Å². The van der Waals surface area contributed by atoms with E-state index in [-0.39, 0.29) is 42.4 Å². The van der Waals surface area contributed by atoms with Crippen LogP contribution in [0.3, 0.4) is 0 Å². The van der Waals surface area contributed by atoms with E-state index in [0.717, 1.165) is 15.9 Å². The van der Waals surface area contributed by atoms with Crippen molar-refractivity contribution in [2.24, 2.45) is 0 Å². The van der Waals surface area contributed by atoms with Gasteiger partial charge in [0.2, 0.25) is 5.91 Å². The molecule has 1 aliphatic rings. The van der Waals surface area contributed by atoms with Crippen LogP contribution in [0.2, 0.25) is 0 Å². The SMILES string of the molecule is CC1(CC(=O)c2ccccc2)CC(=O)N1C(C(=O)OCc1ccccc1[N+](=O)[O-])[P+](c1ccccc1)(c1ccccc1)c1ccccc1. The molecule has 1 fully saturated rings. The van der Waals surface area contributed by atoms with Crippen molar-refractivity contribution in [3.8, 4) is 0 Å². The molecule has 5 aromatic rings. The molecule has 0 spiro atoms. The third-order valence-corrected chi connectivity index (χ3v) is 13.4. The summed E-state index contributed by atoms with van der Waals surface area (Å²) in [5.74, 6) is -2.32. The number of nitro benzene ring substituents is 1. The number of likely N-dealkylation sites (tertiary alicyclic amines) is 1.